The number of hydrogen-bond donors (Lipinski definition) is 4. The van der Waals surface area contributed by atoms with E-state index in [1.165, 1.54) is 0 Å². The second kappa shape index (κ2) is 5.67. The maximum absolute atomic E-state index is 9.90. The van der Waals surface area contributed by atoms with Gasteiger partial charge in [0.15, 0.2) is 5.96 Å². The summed E-state index contributed by atoms with van der Waals surface area (Å²) in [6, 6.07) is -0.510. The van der Waals surface area contributed by atoms with Crippen LogP contribution in [0, 0.1) is 5.41 Å². The zero-order valence-electron chi connectivity index (χ0n) is 6.26. The van der Waals surface area contributed by atoms with Crippen molar-refractivity contribution >= 4 is 12.2 Å². The van der Waals surface area contributed by atoms with Crippen LogP contribution >= 0.6 is 0 Å². The smallest absolute Gasteiger partial charge is 0.216 e. The van der Waals surface area contributed by atoms with E-state index in [1.807, 2.05) is 0 Å². The first-order valence-corrected chi connectivity index (χ1v) is 3.38. The lowest BCUT2D eigenvalue weighted by atomic mass is 10.2. The van der Waals surface area contributed by atoms with E-state index in [0.717, 1.165) is 6.42 Å². The van der Waals surface area contributed by atoms with Gasteiger partial charge in [0.05, 0.1) is 6.04 Å². The van der Waals surface area contributed by atoms with Crippen LogP contribution in [0.2, 0.25) is 0 Å². The van der Waals surface area contributed by atoms with Gasteiger partial charge in [-0.05, 0) is 12.8 Å². The Morgan fingerprint density at radius 2 is 2.36 bits per heavy atom. The minimum absolute atomic E-state index is 0.0614. The molecule has 0 bridgehead atoms. The molecule has 0 aliphatic carbocycles. The van der Waals surface area contributed by atoms with Crippen LogP contribution in [0.1, 0.15) is 12.8 Å². The summed E-state index contributed by atoms with van der Waals surface area (Å²) < 4.78 is 0. The van der Waals surface area contributed by atoms with Crippen LogP contribution in [0.3, 0.4) is 0 Å². The van der Waals surface area contributed by atoms with Crippen molar-refractivity contribution in [1.82, 2.24) is 5.32 Å². The molecule has 0 aliphatic heterocycles. The summed E-state index contributed by atoms with van der Waals surface area (Å²) in [7, 11) is 0. The molecule has 0 spiro atoms. The average Bonchev–Trinajstić information content (AvgIpc) is 1.97. The van der Waals surface area contributed by atoms with E-state index in [4.69, 9.17) is 16.9 Å². The normalized spacial score (nSPS) is 12.1. The van der Waals surface area contributed by atoms with E-state index in [0.29, 0.717) is 13.0 Å². The Morgan fingerprint density at radius 1 is 1.73 bits per heavy atom. The minimum atomic E-state index is -0.510. The number of guanidine groups is 1. The number of hydrogen-bond acceptors (Lipinski definition) is 3. The molecular weight excluding hydrogens is 144 g/mol. The standard InChI is InChI=1S/C6H13N4O/c7-5(4-11)2-1-3-10-6(8)9/h5H,1-3,7H2,(H4,8,9,10). The molecule has 0 saturated carbocycles. The van der Waals surface area contributed by atoms with Crippen molar-refractivity contribution in [2.24, 2.45) is 11.5 Å². The molecule has 0 fully saturated rings. The Kier molecular flexibility index (Phi) is 5.10. The van der Waals surface area contributed by atoms with Crippen LogP contribution in [-0.2, 0) is 4.79 Å². The van der Waals surface area contributed by atoms with Gasteiger partial charge >= 0.3 is 0 Å². The molecule has 0 heterocycles. The first-order chi connectivity index (χ1) is 5.16. The lowest BCUT2D eigenvalue weighted by molar-refractivity contribution is 0.531. The van der Waals surface area contributed by atoms with Crippen molar-refractivity contribution in [1.29, 1.82) is 5.41 Å². The number of nitrogens with one attached hydrogen (secondary N) is 2. The molecule has 63 valence electrons. The Morgan fingerprint density at radius 3 is 2.82 bits per heavy atom. The maximum Gasteiger partial charge on any atom is 0.216 e. The highest BCUT2D eigenvalue weighted by Crippen LogP contribution is 1.88. The van der Waals surface area contributed by atoms with Gasteiger partial charge in [0.1, 0.15) is 0 Å². The minimum Gasteiger partial charge on any atom is -0.370 e. The van der Waals surface area contributed by atoms with E-state index in [-0.39, 0.29) is 5.96 Å². The van der Waals surface area contributed by atoms with E-state index >= 15 is 0 Å². The molecule has 1 unspecified atom stereocenters. The van der Waals surface area contributed by atoms with Crippen LogP contribution < -0.4 is 16.8 Å². The third kappa shape index (κ3) is 6.79. The van der Waals surface area contributed by atoms with Crippen LogP contribution in [0.15, 0.2) is 0 Å². The van der Waals surface area contributed by atoms with Crippen molar-refractivity contribution in [3.63, 3.8) is 0 Å². The molecule has 0 aliphatic rings. The summed E-state index contributed by atoms with van der Waals surface area (Å²) in [5.74, 6) is -0.0614. The SMILES string of the molecule is N=C(N)NCCCC(N)[C]=O. The molecule has 0 rings (SSSR count). The zero-order chi connectivity index (χ0) is 8.69. The van der Waals surface area contributed by atoms with Crippen LogP contribution in [-0.4, -0.2) is 24.8 Å². The maximum atomic E-state index is 9.90. The van der Waals surface area contributed by atoms with Crippen molar-refractivity contribution in [3.05, 3.63) is 0 Å². The molecule has 0 aromatic heterocycles. The molecule has 1 radical (unpaired) electrons. The van der Waals surface area contributed by atoms with Gasteiger partial charge in [0, 0.05) is 6.54 Å². The Hall–Kier alpha value is -1.10. The average molecular weight is 157 g/mol. The number of nitrogens with two attached hydrogens (primary N) is 2. The van der Waals surface area contributed by atoms with Crippen LogP contribution in [0.5, 0.6) is 0 Å². The van der Waals surface area contributed by atoms with Gasteiger partial charge in [-0.25, -0.2) is 0 Å². The van der Waals surface area contributed by atoms with E-state index in [1.54, 1.807) is 6.29 Å². The summed E-state index contributed by atoms with van der Waals surface area (Å²) in [4.78, 5) is 9.90. The summed E-state index contributed by atoms with van der Waals surface area (Å²) in [5, 5.41) is 9.38. The van der Waals surface area contributed by atoms with E-state index < -0.39 is 6.04 Å². The highest BCUT2D eigenvalue weighted by Gasteiger charge is 1.99. The number of rotatable bonds is 5. The number of carbonyl (C=O) groups excluding carboxylic acids is 1. The monoisotopic (exact) mass is 157 g/mol. The van der Waals surface area contributed by atoms with Crippen molar-refractivity contribution in [3.8, 4) is 0 Å². The van der Waals surface area contributed by atoms with Gasteiger partial charge in [-0.2, -0.15) is 0 Å². The zero-order valence-corrected chi connectivity index (χ0v) is 6.26. The largest absolute Gasteiger partial charge is 0.370 e. The summed E-state index contributed by atoms with van der Waals surface area (Å²) in [6.07, 6.45) is 2.96. The molecule has 0 aromatic carbocycles. The molecule has 5 heteroatoms. The quantitative estimate of drug-likeness (QED) is 0.226. The summed E-state index contributed by atoms with van der Waals surface area (Å²) >= 11 is 0. The molecule has 5 nitrogen and oxygen atoms in total. The lowest BCUT2D eigenvalue weighted by Crippen LogP contribution is -2.32. The highest BCUT2D eigenvalue weighted by atomic mass is 16.1. The van der Waals surface area contributed by atoms with Gasteiger partial charge in [0.2, 0.25) is 6.29 Å². The predicted octanol–water partition coefficient (Wildman–Crippen LogP) is -1.31. The van der Waals surface area contributed by atoms with Crippen molar-refractivity contribution < 1.29 is 4.79 Å². The first kappa shape index (κ1) is 9.90. The predicted molar refractivity (Wildman–Crippen MR) is 42.8 cm³/mol. The highest BCUT2D eigenvalue weighted by molar-refractivity contribution is 5.74. The van der Waals surface area contributed by atoms with Crippen molar-refractivity contribution in [2.45, 2.75) is 18.9 Å². The van der Waals surface area contributed by atoms with Crippen LogP contribution in [0.25, 0.3) is 0 Å². The molecule has 0 saturated heterocycles. The van der Waals surface area contributed by atoms with Gasteiger partial charge < -0.3 is 16.8 Å². The molecular formula is C6H13N4O. The second-order valence-electron chi connectivity index (χ2n) is 2.21. The summed E-state index contributed by atoms with van der Waals surface area (Å²) in [6.45, 7) is 0.574. The molecule has 0 amide bonds. The second-order valence-corrected chi connectivity index (χ2v) is 2.21. The Bertz CT molecular complexity index is 137. The van der Waals surface area contributed by atoms with E-state index in [9.17, 15) is 4.79 Å². The summed E-state index contributed by atoms with van der Waals surface area (Å²) in [5.41, 5.74) is 10.3. The van der Waals surface area contributed by atoms with Crippen LogP contribution in [0.4, 0.5) is 0 Å². The fourth-order valence-electron chi connectivity index (χ4n) is 0.604. The lowest BCUT2D eigenvalue weighted by Gasteiger charge is -2.03. The molecule has 6 N–H and O–H groups in total. The Labute approximate surface area is 65.6 Å². The van der Waals surface area contributed by atoms with Gasteiger partial charge in [0.25, 0.3) is 0 Å². The van der Waals surface area contributed by atoms with Gasteiger partial charge in [-0.1, -0.05) is 0 Å². The van der Waals surface area contributed by atoms with Gasteiger partial charge in [-0.3, -0.25) is 10.2 Å². The Balaban J connectivity index is 3.14. The third-order valence-corrected chi connectivity index (χ3v) is 1.16. The first-order valence-electron chi connectivity index (χ1n) is 3.38. The fourth-order valence-corrected chi connectivity index (χ4v) is 0.604. The topological polar surface area (TPSA) is 105 Å². The molecule has 1 atom stereocenters. The van der Waals surface area contributed by atoms with Crippen molar-refractivity contribution in [2.75, 3.05) is 6.54 Å². The fraction of sp³-hybridized carbons (Fsp3) is 0.667. The molecule has 0 aromatic rings. The van der Waals surface area contributed by atoms with E-state index in [2.05, 4.69) is 5.32 Å². The molecule has 11 heavy (non-hydrogen) atoms. The third-order valence-electron chi connectivity index (χ3n) is 1.16. The van der Waals surface area contributed by atoms with Gasteiger partial charge in [-0.15, -0.1) is 0 Å².